The van der Waals surface area contributed by atoms with E-state index in [-0.39, 0.29) is 77.3 Å². The Balaban J connectivity index is -0.0000000270. The molecule has 0 unspecified atom stereocenters. The first-order valence-electron chi connectivity index (χ1n) is 1.64. The van der Waals surface area contributed by atoms with Gasteiger partial charge in [0.05, 0.1) is 15.3 Å². The van der Waals surface area contributed by atoms with E-state index in [2.05, 4.69) is 0 Å². The van der Waals surface area contributed by atoms with Gasteiger partial charge >= 0.3 is 77.3 Å². The van der Waals surface area contributed by atoms with Crippen LogP contribution in [-0.4, -0.2) is 15.3 Å². The molecule has 0 amide bonds. The number of hydrogen-bond donors (Lipinski definition) is 0. The molecule has 0 aliphatic heterocycles. The van der Waals surface area contributed by atoms with Gasteiger partial charge in [-0.25, -0.2) is 0 Å². The summed E-state index contributed by atoms with van der Waals surface area (Å²) in [7, 11) is 0. The maximum atomic E-state index is 8.25. The van der Waals surface area contributed by atoms with Gasteiger partial charge < -0.3 is 46.0 Å². The van der Waals surface area contributed by atoms with E-state index in [1.807, 2.05) is 0 Å². The number of nitrogens with zero attached hydrogens (tertiary/aromatic N) is 3. The molecule has 0 aliphatic rings. The zero-order chi connectivity index (χ0) is 10.7. The van der Waals surface area contributed by atoms with E-state index in [4.69, 9.17) is 46.0 Å². The van der Waals surface area contributed by atoms with Crippen molar-refractivity contribution in [2.75, 3.05) is 0 Å². The second-order valence-corrected chi connectivity index (χ2v) is 0.671. The Morgan fingerprint density at radius 2 is 0.571 bits per heavy atom. The van der Waals surface area contributed by atoms with Crippen LogP contribution in [-0.2, 0) is 0 Å². The predicted molar refractivity (Wildman–Crippen MR) is 31.1 cm³/mol. The zero-order valence-corrected chi connectivity index (χ0v) is 12.9. The van der Waals surface area contributed by atoms with Crippen LogP contribution in [0, 0.1) is 123 Å². The monoisotopic (exact) mass is 465 g/mol. The quantitative estimate of drug-likeness (QED) is 0.327. The molecule has 14 heteroatoms. The van der Waals surface area contributed by atoms with Gasteiger partial charge in [-0.15, -0.1) is 0 Å². The molecule has 1 radical (unpaired) electrons. The zero-order valence-electron chi connectivity index (χ0n) is 6.09. The Hall–Kier alpha value is 0.171. The standard InChI is InChI=1S/Ce.La.3NO3/c;;3*2-1(3)4/q2*+3;3*-1. The van der Waals surface area contributed by atoms with Gasteiger partial charge in [0.15, 0.2) is 0 Å². The summed E-state index contributed by atoms with van der Waals surface area (Å²) in [5.74, 6) is 0. The van der Waals surface area contributed by atoms with Crippen molar-refractivity contribution in [3.63, 3.8) is 0 Å². The normalized spacial score (nSPS) is 5.14. The maximum Gasteiger partial charge on any atom is 3.00 e. The van der Waals surface area contributed by atoms with Gasteiger partial charge in [-0.3, -0.25) is 0 Å². The average molecular weight is 465 g/mol. The van der Waals surface area contributed by atoms with Crippen LogP contribution in [0.25, 0.3) is 0 Å². The van der Waals surface area contributed by atoms with E-state index < -0.39 is 15.3 Å². The van der Waals surface area contributed by atoms with E-state index in [0.717, 1.165) is 0 Å². The van der Waals surface area contributed by atoms with Gasteiger partial charge in [0.2, 0.25) is 0 Å². The van der Waals surface area contributed by atoms with Crippen molar-refractivity contribution in [3.05, 3.63) is 46.0 Å². The molecular formula is CeLaN3O9+3. The van der Waals surface area contributed by atoms with Gasteiger partial charge in [0.25, 0.3) is 0 Å². The molecule has 0 spiro atoms. The van der Waals surface area contributed by atoms with Crippen LogP contribution < -0.4 is 0 Å². The molecule has 0 aromatic carbocycles. The van der Waals surface area contributed by atoms with Crippen molar-refractivity contribution in [2.24, 2.45) is 0 Å². The second-order valence-electron chi connectivity index (χ2n) is 0.671. The van der Waals surface area contributed by atoms with Crippen LogP contribution in [0.2, 0.25) is 0 Å². The summed E-state index contributed by atoms with van der Waals surface area (Å²) in [4.78, 5) is 24.8. The Bertz CT molecular complexity index is 118. The molecule has 0 heterocycles. The van der Waals surface area contributed by atoms with Crippen LogP contribution in [0.1, 0.15) is 0 Å². The van der Waals surface area contributed by atoms with Gasteiger partial charge in [-0.2, -0.15) is 0 Å². The average Bonchev–Trinajstić information content (AvgIpc) is 1.54. The van der Waals surface area contributed by atoms with E-state index in [1.165, 1.54) is 0 Å². The fourth-order valence-corrected chi connectivity index (χ4v) is 0. The molecule has 0 rings (SSSR count). The molecule has 14 heavy (non-hydrogen) atoms. The van der Waals surface area contributed by atoms with Crippen LogP contribution in [0.5, 0.6) is 0 Å². The second kappa shape index (κ2) is 23.2. The molecule has 12 nitrogen and oxygen atoms in total. The molecule has 0 saturated heterocycles. The Morgan fingerprint density at radius 3 is 0.571 bits per heavy atom. The van der Waals surface area contributed by atoms with Crippen molar-refractivity contribution in [1.82, 2.24) is 0 Å². The first-order chi connectivity index (χ1) is 5.20. The molecule has 0 N–H and O–H groups in total. The summed E-state index contributed by atoms with van der Waals surface area (Å²) >= 11 is 0. The smallest absolute Gasteiger partial charge is 0.356 e. The minimum atomic E-state index is -1.75. The van der Waals surface area contributed by atoms with Gasteiger partial charge in [-0.1, -0.05) is 0 Å². The minimum Gasteiger partial charge on any atom is -0.356 e. The third-order valence-electron chi connectivity index (χ3n) is 0. The van der Waals surface area contributed by atoms with Gasteiger partial charge in [0.1, 0.15) is 0 Å². The van der Waals surface area contributed by atoms with E-state index in [0.29, 0.717) is 0 Å². The molecule has 0 fully saturated rings. The Labute approximate surface area is 137 Å². The fourth-order valence-electron chi connectivity index (χ4n) is 0. The Morgan fingerprint density at radius 1 is 0.571 bits per heavy atom. The summed E-state index contributed by atoms with van der Waals surface area (Å²) in [6, 6.07) is 0. The molecule has 0 aliphatic carbocycles. The maximum absolute atomic E-state index is 8.25. The molecule has 0 aromatic heterocycles. The first-order valence-corrected chi connectivity index (χ1v) is 1.64. The van der Waals surface area contributed by atoms with Crippen molar-refractivity contribution in [1.29, 1.82) is 0 Å². The fraction of sp³-hybridized carbons (Fsp3) is 0. The van der Waals surface area contributed by atoms with E-state index in [1.54, 1.807) is 0 Å². The van der Waals surface area contributed by atoms with Crippen LogP contribution in [0.3, 0.4) is 0 Å². The van der Waals surface area contributed by atoms with Crippen LogP contribution in [0.4, 0.5) is 0 Å². The third-order valence-corrected chi connectivity index (χ3v) is 0. The summed E-state index contributed by atoms with van der Waals surface area (Å²) in [5, 5.41) is 44.2. The molecule has 0 saturated carbocycles. The summed E-state index contributed by atoms with van der Waals surface area (Å²) in [6.07, 6.45) is 0. The minimum absolute atomic E-state index is 0. The number of rotatable bonds is 0. The summed E-state index contributed by atoms with van der Waals surface area (Å²) in [6.45, 7) is 0. The molecule has 0 bridgehead atoms. The summed E-state index contributed by atoms with van der Waals surface area (Å²) in [5.41, 5.74) is 0. The molecule has 0 atom stereocenters. The van der Waals surface area contributed by atoms with Gasteiger partial charge in [-0.05, 0) is 0 Å². The number of hydrogen-bond acceptors (Lipinski definition) is 9. The first kappa shape index (κ1) is 29.2. The van der Waals surface area contributed by atoms with Crippen molar-refractivity contribution >= 4 is 0 Å². The molecular weight excluding hydrogens is 465 g/mol. The van der Waals surface area contributed by atoms with Gasteiger partial charge in [0, 0.05) is 0 Å². The van der Waals surface area contributed by atoms with Crippen molar-refractivity contribution < 1.29 is 92.6 Å². The van der Waals surface area contributed by atoms with E-state index >= 15 is 0 Å². The molecule has 0 aromatic rings. The van der Waals surface area contributed by atoms with Crippen LogP contribution in [0.15, 0.2) is 0 Å². The van der Waals surface area contributed by atoms with Crippen molar-refractivity contribution in [2.45, 2.75) is 0 Å². The van der Waals surface area contributed by atoms with Crippen LogP contribution >= 0.6 is 0 Å². The topological polar surface area (TPSA) is 199 Å². The SMILES string of the molecule is O=[N+]([O-])[O-].O=[N+]([O-])[O-].O=[N+]([O-])[O-].[Ce+3].[La+3]. The summed E-state index contributed by atoms with van der Waals surface area (Å²) < 4.78 is 0. The van der Waals surface area contributed by atoms with E-state index in [9.17, 15) is 0 Å². The van der Waals surface area contributed by atoms with Crippen molar-refractivity contribution in [3.8, 4) is 0 Å². The third kappa shape index (κ3) is 51700. The molecule has 73 valence electrons. The predicted octanol–water partition coefficient (Wildman–Crippen LogP) is -0.717. The Kier molecular flexibility index (Phi) is 48.4. The largest absolute Gasteiger partial charge is 3.00 e.